The van der Waals surface area contributed by atoms with Crippen molar-refractivity contribution in [3.8, 4) is 11.1 Å². The van der Waals surface area contributed by atoms with Crippen LogP contribution in [-0.2, 0) is 6.54 Å². The second-order valence-corrected chi connectivity index (χ2v) is 8.52. The van der Waals surface area contributed by atoms with Gasteiger partial charge in [-0.25, -0.2) is 9.97 Å². The second kappa shape index (κ2) is 9.04. The van der Waals surface area contributed by atoms with Gasteiger partial charge in [0, 0.05) is 55.4 Å². The second-order valence-electron chi connectivity index (χ2n) is 8.12. The number of nitrogens with zero attached hydrogens (tertiary/aromatic N) is 4. The first-order chi connectivity index (χ1) is 14.9. The van der Waals surface area contributed by atoms with Gasteiger partial charge in [0.1, 0.15) is 0 Å². The molecule has 0 bridgehead atoms. The Hall–Kier alpha value is -2.96. The molecule has 3 aromatic rings. The van der Waals surface area contributed by atoms with Crippen LogP contribution in [0, 0.1) is 0 Å². The maximum absolute atomic E-state index is 11.4. The van der Waals surface area contributed by atoms with Crippen molar-refractivity contribution in [1.29, 1.82) is 0 Å². The predicted molar refractivity (Wildman–Crippen MR) is 124 cm³/mol. The molecule has 7 heteroatoms. The fourth-order valence-corrected chi connectivity index (χ4v) is 4.21. The van der Waals surface area contributed by atoms with Crippen molar-refractivity contribution in [2.24, 2.45) is 5.73 Å². The number of anilines is 1. The summed E-state index contributed by atoms with van der Waals surface area (Å²) in [4.78, 5) is 25.2. The molecule has 1 aliphatic rings. The van der Waals surface area contributed by atoms with E-state index >= 15 is 0 Å². The largest absolute Gasteiger partial charge is 0.366 e. The first-order valence-electron chi connectivity index (χ1n) is 10.3. The zero-order valence-corrected chi connectivity index (χ0v) is 18.5. The third-order valence-corrected chi connectivity index (χ3v) is 6.07. The van der Waals surface area contributed by atoms with E-state index in [0.717, 1.165) is 53.5 Å². The summed E-state index contributed by atoms with van der Waals surface area (Å²) in [6.45, 7) is 2.71. The summed E-state index contributed by atoms with van der Waals surface area (Å²) in [6, 6.07) is 15.3. The summed E-state index contributed by atoms with van der Waals surface area (Å²) in [5, 5.41) is 0.804. The van der Waals surface area contributed by atoms with E-state index in [4.69, 9.17) is 22.3 Å². The fraction of sp³-hybridized carbons (Fsp3) is 0.292. The molecule has 1 amide bonds. The summed E-state index contributed by atoms with van der Waals surface area (Å²) in [7, 11) is 3.89. The summed E-state index contributed by atoms with van der Waals surface area (Å²) in [5.41, 5.74) is 10.0. The molecule has 6 nitrogen and oxygen atoms in total. The number of carbonyl (C=O) groups excluding carboxylic acids is 1. The van der Waals surface area contributed by atoms with Crippen LogP contribution >= 0.6 is 11.6 Å². The molecular weight excluding hydrogens is 410 g/mol. The van der Waals surface area contributed by atoms with Crippen LogP contribution in [0.2, 0.25) is 5.02 Å². The van der Waals surface area contributed by atoms with E-state index in [9.17, 15) is 4.79 Å². The molecule has 1 saturated heterocycles. The number of aromatic nitrogens is 2. The molecule has 2 heterocycles. The quantitative estimate of drug-likeness (QED) is 0.634. The van der Waals surface area contributed by atoms with Gasteiger partial charge in [-0.2, -0.15) is 0 Å². The molecule has 0 spiro atoms. The van der Waals surface area contributed by atoms with Crippen LogP contribution in [-0.4, -0.2) is 48.0 Å². The summed E-state index contributed by atoms with van der Waals surface area (Å²) in [5.74, 6) is 0.545. The molecule has 0 unspecified atom stereocenters. The van der Waals surface area contributed by atoms with Gasteiger partial charge in [-0.1, -0.05) is 41.9 Å². The van der Waals surface area contributed by atoms with Gasteiger partial charge >= 0.3 is 0 Å². The van der Waals surface area contributed by atoms with E-state index in [1.165, 1.54) is 0 Å². The third-order valence-electron chi connectivity index (χ3n) is 5.70. The molecule has 31 heavy (non-hydrogen) atoms. The average molecular weight is 436 g/mol. The Bertz CT molecular complexity index is 1080. The zero-order valence-electron chi connectivity index (χ0n) is 17.8. The van der Waals surface area contributed by atoms with Crippen molar-refractivity contribution >= 4 is 23.5 Å². The van der Waals surface area contributed by atoms with E-state index in [1.807, 2.05) is 55.5 Å². The average Bonchev–Trinajstić information content (AvgIpc) is 3.23. The Morgan fingerprint density at radius 1 is 1.19 bits per heavy atom. The highest BCUT2D eigenvalue weighted by Crippen LogP contribution is 2.35. The van der Waals surface area contributed by atoms with Gasteiger partial charge in [0.15, 0.2) is 0 Å². The lowest BCUT2D eigenvalue weighted by Gasteiger charge is -2.20. The van der Waals surface area contributed by atoms with Crippen LogP contribution in [0.4, 0.5) is 5.95 Å². The molecule has 1 aliphatic heterocycles. The molecule has 0 saturated carbocycles. The molecule has 1 fully saturated rings. The molecular formula is C24H26ClN5O. The molecule has 0 radical (unpaired) electrons. The van der Waals surface area contributed by atoms with Gasteiger partial charge in [-0.3, -0.25) is 9.69 Å². The topological polar surface area (TPSA) is 75.4 Å². The Morgan fingerprint density at radius 3 is 2.61 bits per heavy atom. The van der Waals surface area contributed by atoms with Gasteiger partial charge < -0.3 is 10.6 Å². The Labute approximate surface area is 187 Å². The maximum Gasteiger partial charge on any atom is 0.248 e. The number of hydrogen-bond acceptors (Lipinski definition) is 5. The number of likely N-dealkylation sites (tertiary alicyclic amines) is 1. The van der Waals surface area contributed by atoms with E-state index in [2.05, 4.69) is 16.0 Å². The number of benzene rings is 2. The van der Waals surface area contributed by atoms with Crippen molar-refractivity contribution in [3.63, 3.8) is 0 Å². The summed E-state index contributed by atoms with van der Waals surface area (Å²) >= 11 is 6.37. The Morgan fingerprint density at radius 2 is 1.94 bits per heavy atom. The van der Waals surface area contributed by atoms with Gasteiger partial charge in [-0.05, 0) is 42.3 Å². The Balaban J connectivity index is 1.62. The Kier molecular flexibility index (Phi) is 6.20. The van der Waals surface area contributed by atoms with E-state index in [1.54, 1.807) is 12.1 Å². The number of halogens is 1. The molecule has 2 aromatic carbocycles. The molecule has 160 valence electrons. The standard InChI is InChI=1S/C24H26ClN5O/c1-29(2)24-27-13-20(16-7-9-17(10-8-16)23(26)31)22(28-24)19-11-12-30(15-19)14-18-5-3-4-6-21(18)25/h3-10,13,19H,11-12,14-15H2,1-2H3,(H2,26,31)/t19-/m1/s1. The van der Waals surface area contributed by atoms with Crippen LogP contribution in [0.5, 0.6) is 0 Å². The van der Waals surface area contributed by atoms with E-state index < -0.39 is 5.91 Å². The normalized spacial score (nSPS) is 16.4. The number of primary amides is 1. The van der Waals surface area contributed by atoms with Crippen molar-refractivity contribution in [2.75, 3.05) is 32.1 Å². The van der Waals surface area contributed by atoms with Crippen LogP contribution in [0.1, 0.15) is 34.0 Å². The van der Waals surface area contributed by atoms with Crippen LogP contribution in [0.25, 0.3) is 11.1 Å². The summed E-state index contributed by atoms with van der Waals surface area (Å²) in [6.07, 6.45) is 2.90. The van der Waals surface area contributed by atoms with Crippen molar-refractivity contribution < 1.29 is 4.79 Å². The van der Waals surface area contributed by atoms with Crippen molar-refractivity contribution in [1.82, 2.24) is 14.9 Å². The lowest BCUT2D eigenvalue weighted by Crippen LogP contribution is -2.21. The van der Waals surface area contributed by atoms with Crippen molar-refractivity contribution in [2.45, 2.75) is 18.9 Å². The zero-order chi connectivity index (χ0) is 22.0. The molecule has 2 N–H and O–H groups in total. The minimum absolute atomic E-state index is 0.287. The van der Waals surface area contributed by atoms with Gasteiger partial charge in [0.05, 0.1) is 5.69 Å². The SMILES string of the molecule is CN(C)c1ncc(-c2ccc(C(N)=O)cc2)c([C@@H]2CCN(Cc3ccccc3Cl)C2)n1. The first-order valence-corrected chi connectivity index (χ1v) is 10.7. The minimum Gasteiger partial charge on any atom is -0.366 e. The maximum atomic E-state index is 11.4. The molecule has 1 atom stereocenters. The minimum atomic E-state index is -0.433. The third kappa shape index (κ3) is 4.70. The predicted octanol–water partition coefficient (Wildman–Crippen LogP) is 3.95. The highest BCUT2D eigenvalue weighted by Gasteiger charge is 2.28. The number of rotatable bonds is 6. The number of carbonyl (C=O) groups is 1. The van der Waals surface area contributed by atoms with Gasteiger partial charge in [0.25, 0.3) is 0 Å². The fourth-order valence-electron chi connectivity index (χ4n) is 4.02. The lowest BCUT2D eigenvalue weighted by molar-refractivity contribution is 0.100. The van der Waals surface area contributed by atoms with Crippen LogP contribution in [0.15, 0.2) is 54.7 Å². The van der Waals surface area contributed by atoms with E-state index in [-0.39, 0.29) is 5.92 Å². The van der Waals surface area contributed by atoms with Crippen LogP contribution < -0.4 is 10.6 Å². The highest BCUT2D eigenvalue weighted by atomic mass is 35.5. The van der Waals surface area contributed by atoms with Gasteiger partial charge in [-0.15, -0.1) is 0 Å². The number of nitrogens with two attached hydrogens (primary N) is 1. The van der Waals surface area contributed by atoms with Crippen molar-refractivity contribution in [3.05, 3.63) is 76.6 Å². The molecule has 0 aliphatic carbocycles. The smallest absolute Gasteiger partial charge is 0.248 e. The molecule has 1 aromatic heterocycles. The highest BCUT2D eigenvalue weighted by molar-refractivity contribution is 6.31. The monoisotopic (exact) mass is 435 g/mol. The number of hydrogen-bond donors (Lipinski definition) is 1. The lowest BCUT2D eigenvalue weighted by atomic mass is 9.95. The van der Waals surface area contributed by atoms with E-state index in [0.29, 0.717) is 11.5 Å². The van der Waals surface area contributed by atoms with Gasteiger partial charge in [0.2, 0.25) is 11.9 Å². The first kappa shape index (κ1) is 21.3. The molecule has 4 rings (SSSR count). The summed E-state index contributed by atoms with van der Waals surface area (Å²) < 4.78 is 0. The number of amides is 1. The van der Waals surface area contributed by atoms with Crippen LogP contribution in [0.3, 0.4) is 0 Å².